The Hall–Kier alpha value is -3.89. The Bertz CT molecular complexity index is 1370. The van der Waals surface area contributed by atoms with E-state index in [1.165, 1.54) is 16.7 Å². The first-order chi connectivity index (χ1) is 19.7. The number of hydrogen-bond donors (Lipinski definition) is 2. The second-order valence-corrected chi connectivity index (χ2v) is 9.96. The van der Waals surface area contributed by atoms with Crippen molar-refractivity contribution < 1.29 is 40.7 Å². The highest BCUT2D eigenvalue weighted by molar-refractivity contribution is 6.05. The van der Waals surface area contributed by atoms with E-state index in [9.17, 15) is 40.7 Å². The molecular formula is C25H29F6N7O4. The van der Waals surface area contributed by atoms with Gasteiger partial charge in [-0.3, -0.25) is 14.4 Å². The number of carbonyl (C=O) groups is 2. The summed E-state index contributed by atoms with van der Waals surface area (Å²) in [5.41, 5.74) is -4.17. The molecule has 0 radical (unpaired) electrons. The van der Waals surface area contributed by atoms with E-state index in [4.69, 9.17) is 4.74 Å². The highest BCUT2D eigenvalue weighted by Gasteiger charge is 2.44. The maximum atomic E-state index is 13.3. The van der Waals surface area contributed by atoms with Gasteiger partial charge in [0.05, 0.1) is 49.3 Å². The number of alkyl halides is 6. The number of amides is 2. The summed E-state index contributed by atoms with van der Waals surface area (Å²) < 4.78 is 85.1. The molecule has 2 atom stereocenters. The summed E-state index contributed by atoms with van der Waals surface area (Å²) >= 11 is 0. The molecular weight excluding hydrogens is 576 g/mol. The van der Waals surface area contributed by atoms with Gasteiger partial charge in [-0.2, -0.15) is 31.4 Å². The van der Waals surface area contributed by atoms with E-state index >= 15 is 0 Å². The van der Waals surface area contributed by atoms with Crippen molar-refractivity contribution in [3.8, 4) is 0 Å². The average Bonchev–Trinajstić information content (AvgIpc) is 2.91. The maximum absolute atomic E-state index is 13.3. The lowest BCUT2D eigenvalue weighted by molar-refractivity contribution is -0.138. The van der Waals surface area contributed by atoms with Crippen LogP contribution in [0.15, 0.2) is 23.3 Å². The van der Waals surface area contributed by atoms with Crippen LogP contribution in [0, 0.1) is 0 Å². The predicted molar refractivity (Wildman–Crippen MR) is 138 cm³/mol. The number of H-pyrrole nitrogens is 1. The molecule has 2 amide bonds. The number of nitrogens with zero attached hydrogens (tertiary/aromatic N) is 5. The van der Waals surface area contributed by atoms with Crippen LogP contribution in [-0.2, 0) is 26.7 Å². The maximum Gasteiger partial charge on any atom is 0.423 e. The van der Waals surface area contributed by atoms with Crippen LogP contribution in [-0.4, -0.2) is 83.4 Å². The first-order valence-corrected chi connectivity index (χ1v) is 13.1. The van der Waals surface area contributed by atoms with Crippen molar-refractivity contribution in [3.63, 3.8) is 0 Å². The zero-order chi connectivity index (χ0) is 30.8. The van der Waals surface area contributed by atoms with Crippen LogP contribution in [0.1, 0.15) is 37.8 Å². The Labute approximate surface area is 235 Å². The van der Waals surface area contributed by atoms with Gasteiger partial charge in [0, 0.05) is 31.9 Å². The number of rotatable bonds is 9. The van der Waals surface area contributed by atoms with Crippen molar-refractivity contribution in [1.82, 2.24) is 20.1 Å². The number of piperazine rings is 1. The van der Waals surface area contributed by atoms with Crippen LogP contribution >= 0.6 is 0 Å². The number of aromatic amines is 1. The molecule has 0 aromatic carbocycles. The number of carbonyl (C=O) groups excluding carboxylic acids is 2. The molecule has 1 unspecified atom stereocenters. The number of halogens is 6. The molecule has 42 heavy (non-hydrogen) atoms. The molecule has 1 fully saturated rings. The number of anilines is 3. The lowest BCUT2D eigenvalue weighted by atomic mass is 10.0. The summed E-state index contributed by atoms with van der Waals surface area (Å²) in [7, 11) is 0. The van der Waals surface area contributed by atoms with E-state index in [2.05, 4.69) is 15.4 Å². The minimum absolute atomic E-state index is 0.00769. The van der Waals surface area contributed by atoms with Gasteiger partial charge in [-0.1, -0.05) is 6.92 Å². The molecule has 0 bridgehead atoms. The van der Waals surface area contributed by atoms with E-state index in [0.717, 1.165) is 18.5 Å². The number of ether oxygens (including phenoxy) is 1. The number of pyridine rings is 1. The molecule has 2 aromatic heterocycles. The Kier molecular flexibility index (Phi) is 8.98. The highest BCUT2D eigenvalue weighted by Crippen LogP contribution is 2.40. The Morgan fingerprint density at radius 3 is 2.57 bits per heavy atom. The second-order valence-electron chi connectivity index (χ2n) is 9.96. The zero-order valence-corrected chi connectivity index (χ0v) is 22.7. The van der Waals surface area contributed by atoms with E-state index in [1.807, 2.05) is 0 Å². The van der Waals surface area contributed by atoms with Gasteiger partial charge in [0.15, 0.2) is 5.82 Å². The van der Waals surface area contributed by atoms with Crippen LogP contribution < -0.4 is 20.7 Å². The normalized spacial score (nSPS) is 18.0. The van der Waals surface area contributed by atoms with Gasteiger partial charge in [0.1, 0.15) is 11.6 Å². The lowest BCUT2D eigenvalue weighted by Gasteiger charge is -2.47. The zero-order valence-electron chi connectivity index (χ0n) is 22.7. The van der Waals surface area contributed by atoms with Crippen molar-refractivity contribution >= 4 is 29.0 Å². The van der Waals surface area contributed by atoms with Gasteiger partial charge < -0.3 is 24.8 Å². The minimum atomic E-state index is -4.90. The fourth-order valence-corrected chi connectivity index (χ4v) is 4.92. The number of fused-ring (bicyclic) bond motifs is 3. The molecule has 2 aliphatic rings. The van der Waals surface area contributed by atoms with E-state index in [0.29, 0.717) is 6.42 Å². The molecule has 17 heteroatoms. The first kappa shape index (κ1) is 31.1. The molecule has 11 nitrogen and oxygen atoms in total. The van der Waals surface area contributed by atoms with E-state index < -0.39 is 52.7 Å². The fraction of sp³-hybridized carbons (Fsp3) is 0.560. The van der Waals surface area contributed by atoms with Crippen molar-refractivity contribution in [2.24, 2.45) is 0 Å². The van der Waals surface area contributed by atoms with Gasteiger partial charge in [0.25, 0.3) is 11.5 Å². The Balaban J connectivity index is 1.34. The van der Waals surface area contributed by atoms with Gasteiger partial charge in [0.2, 0.25) is 5.91 Å². The smallest absolute Gasteiger partial charge is 0.379 e. The summed E-state index contributed by atoms with van der Waals surface area (Å²) in [5.74, 6) is -0.497. The number of aromatic nitrogens is 3. The third-order valence-corrected chi connectivity index (χ3v) is 6.84. The summed E-state index contributed by atoms with van der Waals surface area (Å²) in [6.07, 6.45) is -7.51. The van der Waals surface area contributed by atoms with Crippen LogP contribution in [0.5, 0.6) is 0 Å². The van der Waals surface area contributed by atoms with E-state index in [1.54, 1.807) is 16.9 Å². The van der Waals surface area contributed by atoms with E-state index in [-0.39, 0.29) is 63.2 Å². The second kappa shape index (κ2) is 12.1. The molecule has 2 aliphatic heterocycles. The first-order valence-electron chi connectivity index (χ1n) is 13.1. The quantitative estimate of drug-likeness (QED) is 0.331. The van der Waals surface area contributed by atoms with Crippen molar-refractivity contribution in [1.29, 1.82) is 0 Å². The molecule has 4 rings (SSSR count). The number of nitrogens with one attached hydrogen (secondary N) is 2. The SMILES string of the molecule is CCCN1C(=O)C2CN(C(=O)CCOC[C@H](C)Nc3cn[nH]c(=O)c3C(F)(F)F)CCN2c2ncc(C(F)(F)F)cc21. The lowest BCUT2D eigenvalue weighted by Crippen LogP contribution is -2.64. The summed E-state index contributed by atoms with van der Waals surface area (Å²) in [6, 6.07) is -0.558. The summed E-state index contributed by atoms with van der Waals surface area (Å²) in [5, 5.41) is 7.68. The molecule has 230 valence electrons. The fourth-order valence-electron chi connectivity index (χ4n) is 4.92. The van der Waals surface area contributed by atoms with Crippen molar-refractivity contribution in [2.75, 3.05) is 54.5 Å². The Morgan fingerprint density at radius 2 is 1.90 bits per heavy atom. The standard InChI is InChI=1S/C25H29F6N7O4/c1-3-5-38-17-9-15(24(26,27)28)10-32-21(17)37-7-6-36(12-18(37)23(38)41)19(39)4-8-42-13-14(2)34-16-11-33-35-22(40)20(16)25(29,30)31/h9-11,14,18H,3-8,12-13H2,1-2H3,(H2,34,35,40)/t14-,18?/m0/s1. The van der Waals surface area contributed by atoms with Crippen LogP contribution in [0.2, 0.25) is 0 Å². The molecule has 4 heterocycles. The highest BCUT2D eigenvalue weighted by atomic mass is 19.4. The Morgan fingerprint density at radius 1 is 1.17 bits per heavy atom. The topological polar surface area (TPSA) is 124 Å². The van der Waals surface area contributed by atoms with Crippen LogP contribution in [0.25, 0.3) is 0 Å². The van der Waals surface area contributed by atoms with Gasteiger partial charge in [-0.25, -0.2) is 10.1 Å². The molecule has 2 aromatic rings. The van der Waals surface area contributed by atoms with Gasteiger partial charge in [-0.05, 0) is 19.4 Å². The van der Waals surface area contributed by atoms with Gasteiger partial charge >= 0.3 is 12.4 Å². The van der Waals surface area contributed by atoms with Crippen LogP contribution in [0.3, 0.4) is 0 Å². The molecule has 1 saturated heterocycles. The third kappa shape index (κ3) is 6.60. The molecule has 0 spiro atoms. The number of hydrogen-bond acceptors (Lipinski definition) is 8. The van der Waals surface area contributed by atoms with Gasteiger partial charge in [-0.15, -0.1) is 0 Å². The minimum Gasteiger partial charge on any atom is -0.379 e. The molecule has 2 N–H and O–H groups in total. The monoisotopic (exact) mass is 605 g/mol. The summed E-state index contributed by atoms with van der Waals surface area (Å²) in [6.45, 7) is 3.75. The molecule has 0 aliphatic carbocycles. The molecule has 0 saturated carbocycles. The largest absolute Gasteiger partial charge is 0.423 e. The van der Waals surface area contributed by atoms with Crippen molar-refractivity contribution in [2.45, 2.75) is 51.1 Å². The van der Waals surface area contributed by atoms with Crippen molar-refractivity contribution in [3.05, 3.63) is 39.9 Å². The van der Waals surface area contributed by atoms with Crippen LogP contribution in [0.4, 0.5) is 43.5 Å². The predicted octanol–water partition coefficient (Wildman–Crippen LogP) is 2.88. The third-order valence-electron chi connectivity index (χ3n) is 6.84. The summed E-state index contributed by atoms with van der Waals surface area (Å²) in [4.78, 5) is 46.2. The average molecular weight is 606 g/mol.